The summed E-state index contributed by atoms with van der Waals surface area (Å²) in [5.74, 6) is -0.0343. The molecule has 5 nitrogen and oxygen atoms in total. The maximum Gasteiger partial charge on any atom is 0.308 e. The van der Waals surface area contributed by atoms with Crippen LogP contribution in [0.25, 0.3) is 0 Å². The number of amides is 1. The van der Waals surface area contributed by atoms with Gasteiger partial charge in [-0.05, 0) is 25.9 Å². The fraction of sp³-hybridized carbons (Fsp3) is 0.818. The van der Waals surface area contributed by atoms with Crippen LogP contribution in [0.3, 0.4) is 0 Å². The highest BCUT2D eigenvalue weighted by atomic mass is 16.5. The number of hydrogen-bond donors (Lipinski definition) is 1. The van der Waals surface area contributed by atoms with Crippen LogP contribution >= 0.6 is 0 Å². The summed E-state index contributed by atoms with van der Waals surface area (Å²) in [6.45, 7) is 4.86. The first-order chi connectivity index (χ1) is 7.63. The van der Waals surface area contributed by atoms with Gasteiger partial charge in [0.25, 0.3) is 0 Å². The van der Waals surface area contributed by atoms with Gasteiger partial charge in [0, 0.05) is 20.0 Å². The molecular weight excluding hydrogens is 208 g/mol. The van der Waals surface area contributed by atoms with Crippen molar-refractivity contribution in [1.29, 1.82) is 0 Å². The van der Waals surface area contributed by atoms with Crippen LogP contribution in [0.1, 0.15) is 19.8 Å². The molecule has 0 atom stereocenters. The summed E-state index contributed by atoms with van der Waals surface area (Å²) in [6, 6.07) is 0. The van der Waals surface area contributed by atoms with Crippen LogP contribution in [0, 0.1) is 5.92 Å². The second-order valence-corrected chi connectivity index (χ2v) is 4.12. The van der Waals surface area contributed by atoms with Gasteiger partial charge >= 0.3 is 5.97 Å². The van der Waals surface area contributed by atoms with Crippen molar-refractivity contribution in [2.24, 2.45) is 5.92 Å². The van der Waals surface area contributed by atoms with E-state index in [9.17, 15) is 9.59 Å². The summed E-state index contributed by atoms with van der Waals surface area (Å²) >= 11 is 0. The van der Waals surface area contributed by atoms with Crippen LogP contribution in [0.4, 0.5) is 0 Å². The standard InChI is InChI=1S/C11H20N2O3/c1-9(14)12-5-8-13-6-3-10(4-7-13)11(15)16-2/h10H,3-8H2,1-2H3,(H,12,14). The highest BCUT2D eigenvalue weighted by Gasteiger charge is 2.24. The number of carbonyl (C=O) groups excluding carboxylic acids is 2. The summed E-state index contributed by atoms with van der Waals surface area (Å²) in [5.41, 5.74) is 0. The number of ether oxygens (including phenoxy) is 1. The van der Waals surface area contributed by atoms with Gasteiger partial charge in [0.15, 0.2) is 0 Å². The minimum atomic E-state index is -0.0958. The van der Waals surface area contributed by atoms with Crippen molar-refractivity contribution in [1.82, 2.24) is 10.2 Å². The van der Waals surface area contributed by atoms with Crippen molar-refractivity contribution in [3.05, 3.63) is 0 Å². The summed E-state index contributed by atoms with van der Waals surface area (Å²) in [7, 11) is 1.44. The van der Waals surface area contributed by atoms with E-state index in [0.29, 0.717) is 6.54 Å². The molecule has 0 bridgehead atoms. The van der Waals surface area contributed by atoms with Gasteiger partial charge in [0.05, 0.1) is 13.0 Å². The molecule has 0 aromatic carbocycles. The monoisotopic (exact) mass is 228 g/mol. The molecule has 0 radical (unpaired) electrons. The molecule has 0 unspecified atom stereocenters. The minimum absolute atomic E-state index is 0.00412. The topological polar surface area (TPSA) is 58.6 Å². The Balaban J connectivity index is 2.17. The van der Waals surface area contributed by atoms with Crippen LogP contribution in [0.5, 0.6) is 0 Å². The highest BCUT2D eigenvalue weighted by molar-refractivity contribution is 5.73. The first-order valence-corrected chi connectivity index (χ1v) is 5.68. The van der Waals surface area contributed by atoms with Crippen LogP contribution in [0.2, 0.25) is 0 Å². The Kier molecular flexibility index (Phi) is 5.25. The van der Waals surface area contributed by atoms with E-state index in [2.05, 4.69) is 10.2 Å². The van der Waals surface area contributed by atoms with Gasteiger partial charge < -0.3 is 15.0 Å². The smallest absolute Gasteiger partial charge is 0.308 e. The number of rotatable bonds is 4. The lowest BCUT2D eigenvalue weighted by atomic mass is 9.97. The number of nitrogens with one attached hydrogen (secondary N) is 1. The van der Waals surface area contributed by atoms with E-state index < -0.39 is 0 Å². The first kappa shape index (κ1) is 13.0. The van der Waals surface area contributed by atoms with Gasteiger partial charge in [-0.3, -0.25) is 9.59 Å². The number of hydrogen-bond acceptors (Lipinski definition) is 4. The number of piperidine rings is 1. The maximum absolute atomic E-state index is 11.3. The summed E-state index contributed by atoms with van der Waals surface area (Å²) < 4.78 is 4.72. The van der Waals surface area contributed by atoms with Crippen LogP contribution < -0.4 is 5.32 Å². The number of esters is 1. The Bertz CT molecular complexity index is 248. The van der Waals surface area contributed by atoms with Gasteiger partial charge in [-0.2, -0.15) is 0 Å². The van der Waals surface area contributed by atoms with E-state index in [0.717, 1.165) is 32.5 Å². The third-order valence-electron chi connectivity index (χ3n) is 2.92. The SMILES string of the molecule is COC(=O)C1CCN(CCNC(C)=O)CC1. The van der Waals surface area contributed by atoms with Gasteiger partial charge in [-0.25, -0.2) is 0 Å². The molecule has 1 N–H and O–H groups in total. The van der Waals surface area contributed by atoms with Crippen molar-refractivity contribution in [2.75, 3.05) is 33.3 Å². The lowest BCUT2D eigenvalue weighted by Gasteiger charge is -2.30. The quantitative estimate of drug-likeness (QED) is 0.688. The molecule has 1 aliphatic heterocycles. The van der Waals surface area contributed by atoms with E-state index in [4.69, 9.17) is 4.74 Å². The van der Waals surface area contributed by atoms with E-state index in [1.807, 2.05) is 0 Å². The molecule has 1 aliphatic rings. The van der Waals surface area contributed by atoms with Crippen molar-refractivity contribution in [2.45, 2.75) is 19.8 Å². The van der Waals surface area contributed by atoms with Gasteiger partial charge in [-0.15, -0.1) is 0 Å². The van der Waals surface area contributed by atoms with Gasteiger partial charge in [0.1, 0.15) is 0 Å². The molecular formula is C11H20N2O3. The molecule has 16 heavy (non-hydrogen) atoms. The highest BCUT2D eigenvalue weighted by Crippen LogP contribution is 2.17. The molecule has 1 fully saturated rings. The fourth-order valence-electron chi connectivity index (χ4n) is 1.95. The molecule has 0 aromatic rings. The Hall–Kier alpha value is -1.10. The predicted octanol–water partition coefficient (Wildman–Crippen LogP) is 0.00750. The summed E-state index contributed by atoms with van der Waals surface area (Å²) in [6.07, 6.45) is 1.71. The lowest BCUT2D eigenvalue weighted by molar-refractivity contribution is -0.147. The summed E-state index contributed by atoms with van der Waals surface area (Å²) in [5, 5.41) is 2.77. The number of carbonyl (C=O) groups is 2. The van der Waals surface area contributed by atoms with Crippen molar-refractivity contribution < 1.29 is 14.3 Å². The average Bonchev–Trinajstić information content (AvgIpc) is 2.28. The second kappa shape index (κ2) is 6.48. The zero-order valence-electron chi connectivity index (χ0n) is 9.99. The lowest BCUT2D eigenvalue weighted by Crippen LogP contribution is -2.40. The van der Waals surface area contributed by atoms with E-state index in [1.54, 1.807) is 0 Å². The molecule has 5 heteroatoms. The molecule has 1 amide bonds. The normalized spacial score (nSPS) is 18.1. The molecule has 0 spiro atoms. The minimum Gasteiger partial charge on any atom is -0.469 e. The van der Waals surface area contributed by atoms with Gasteiger partial charge in [-0.1, -0.05) is 0 Å². The molecule has 0 aromatic heterocycles. The van der Waals surface area contributed by atoms with Crippen LogP contribution in [-0.2, 0) is 14.3 Å². The Morgan fingerprint density at radius 2 is 2.00 bits per heavy atom. The summed E-state index contributed by atoms with van der Waals surface area (Å²) in [4.78, 5) is 24.2. The second-order valence-electron chi connectivity index (χ2n) is 4.12. The first-order valence-electron chi connectivity index (χ1n) is 5.68. The zero-order valence-corrected chi connectivity index (χ0v) is 9.99. The van der Waals surface area contributed by atoms with Crippen molar-refractivity contribution >= 4 is 11.9 Å². The van der Waals surface area contributed by atoms with Crippen LogP contribution in [0.15, 0.2) is 0 Å². The zero-order chi connectivity index (χ0) is 12.0. The van der Waals surface area contributed by atoms with Crippen LogP contribution in [-0.4, -0.2) is 50.1 Å². The van der Waals surface area contributed by atoms with E-state index in [-0.39, 0.29) is 17.8 Å². The average molecular weight is 228 g/mol. The third-order valence-corrected chi connectivity index (χ3v) is 2.92. The van der Waals surface area contributed by atoms with Crippen molar-refractivity contribution in [3.8, 4) is 0 Å². The van der Waals surface area contributed by atoms with E-state index in [1.165, 1.54) is 14.0 Å². The van der Waals surface area contributed by atoms with E-state index >= 15 is 0 Å². The number of nitrogens with zero attached hydrogens (tertiary/aromatic N) is 1. The molecule has 1 rings (SSSR count). The molecule has 0 aliphatic carbocycles. The number of methoxy groups -OCH3 is 1. The molecule has 1 saturated heterocycles. The fourth-order valence-corrected chi connectivity index (χ4v) is 1.95. The number of likely N-dealkylation sites (tertiary alicyclic amines) is 1. The Labute approximate surface area is 96.1 Å². The largest absolute Gasteiger partial charge is 0.469 e. The van der Waals surface area contributed by atoms with Gasteiger partial charge in [0.2, 0.25) is 5.91 Å². The molecule has 0 saturated carbocycles. The third kappa shape index (κ3) is 4.18. The maximum atomic E-state index is 11.3. The molecule has 92 valence electrons. The van der Waals surface area contributed by atoms with Crippen molar-refractivity contribution in [3.63, 3.8) is 0 Å². The predicted molar refractivity (Wildman–Crippen MR) is 59.9 cm³/mol. The molecule has 1 heterocycles. The Morgan fingerprint density at radius 1 is 1.38 bits per heavy atom. The Morgan fingerprint density at radius 3 is 2.50 bits per heavy atom.